The number of anilines is 2. The fourth-order valence-corrected chi connectivity index (χ4v) is 2.47. The molecule has 0 saturated carbocycles. The molecule has 1 aliphatic heterocycles. The van der Waals surface area contributed by atoms with Crippen LogP contribution in [0.5, 0.6) is 0 Å². The Labute approximate surface area is 130 Å². The minimum absolute atomic E-state index is 0.0883. The Morgan fingerprint density at radius 1 is 1.36 bits per heavy atom. The van der Waals surface area contributed by atoms with Gasteiger partial charge in [0, 0.05) is 52.9 Å². The number of β-amino-alcohol motifs (C(OH)–C–C–N with tert-alkyl or cyclic N) is 1. The van der Waals surface area contributed by atoms with Crippen molar-refractivity contribution in [2.75, 3.05) is 56.6 Å². The zero-order valence-corrected chi connectivity index (χ0v) is 13.0. The van der Waals surface area contributed by atoms with Crippen LogP contribution in [0, 0.1) is 0 Å². The summed E-state index contributed by atoms with van der Waals surface area (Å²) in [5, 5.41) is 18.9. The number of aliphatic carboxylic acids is 1. The second kappa shape index (κ2) is 7.37. The van der Waals surface area contributed by atoms with Gasteiger partial charge in [-0.1, -0.05) is 0 Å². The zero-order chi connectivity index (χ0) is 16.1. The van der Waals surface area contributed by atoms with Gasteiger partial charge in [0.25, 0.3) is 0 Å². The predicted octanol–water partition coefficient (Wildman–Crippen LogP) is -0.500. The number of rotatable bonds is 5. The summed E-state index contributed by atoms with van der Waals surface area (Å²) < 4.78 is 0. The average Bonchev–Trinajstić information content (AvgIpc) is 2.66. The lowest BCUT2D eigenvalue weighted by molar-refractivity contribution is -0.137. The van der Waals surface area contributed by atoms with Gasteiger partial charge in [-0.2, -0.15) is 0 Å². The molecule has 0 spiro atoms. The number of carbonyl (C=O) groups is 1. The number of hydrogen-bond donors (Lipinski definition) is 2. The third-order valence-corrected chi connectivity index (χ3v) is 3.65. The smallest absolute Gasteiger partial charge is 0.304 e. The van der Waals surface area contributed by atoms with Gasteiger partial charge >= 0.3 is 5.97 Å². The molecule has 1 aromatic rings. The van der Waals surface area contributed by atoms with Crippen LogP contribution in [0.15, 0.2) is 12.4 Å². The zero-order valence-electron chi connectivity index (χ0n) is 13.0. The summed E-state index contributed by atoms with van der Waals surface area (Å²) in [6, 6.07) is 1.89. The molecule has 122 valence electrons. The Hall–Kier alpha value is -1.93. The first-order chi connectivity index (χ1) is 10.5. The second-order valence-corrected chi connectivity index (χ2v) is 5.67. The minimum Gasteiger partial charge on any atom is -0.481 e. The average molecular weight is 309 g/mol. The largest absolute Gasteiger partial charge is 0.481 e. The van der Waals surface area contributed by atoms with Crippen LogP contribution in [0.4, 0.5) is 11.6 Å². The van der Waals surface area contributed by atoms with Crippen LogP contribution in [0.1, 0.15) is 6.42 Å². The maximum Gasteiger partial charge on any atom is 0.304 e. The molecule has 1 aromatic heterocycles. The highest BCUT2D eigenvalue weighted by molar-refractivity contribution is 5.66. The quantitative estimate of drug-likeness (QED) is 0.752. The number of carboxylic acid groups (broad SMARTS) is 1. The Kier molecular flexibility index (Phi) is 5.51. The van der Waals surface area contributed by atoms with E-state index in [1.165, 1.54) is 6.33 Å². The van der Waals surface area contributed by atoms with Crippen molar-refractivity contribution in [2.45, 2.75) is 12.5 Å². The van der Waals surface area contributed by atoms with E-state index in [1.54, 1.807) is 0 Å². The summed E-state index contributed by atoms with van der Waals surface area (Å²) in [6.07, 6.45) is 1.07. The maximum atomic E-state index is 10.7. The standard InChI is InChI=1S/C14H23N5O3/c1-17(2)12-7-13(16-10-15-12)19-6-5-18(4-3-14(21)22)8-11(20)9-19/h7,10-11,20H,3-6,8-9H2,1-2H3,(H,21,22). The monoisotopic (exact) mass is 309 g/mol. The van der Waals surface area contributed by atoms with E-state index in [9.17, 15) is 9.90 Å². The summed E-state index contributed by atoms with van der Waals surface area (Å²) >= 11 is 0. The topological polar surface area (TPSA) is 93.0 Å². The number of aliphatic hydroxyl groups excluding tert-OH is 1. The number of hydrogen-bond acceptors (Lipinski definition) is 7. The maximum absolute atomic E-state index is 10.7. The molecule has 8 nitrogen and oxygen atoms in total. The van der Waals surface area contributed by atoms with E-state index in [-0.39, 0.29) is 6.42 Å². The molecule has 22 heavy (non-hydrogen) atoms. The lowest BCUT2D eigenvalue weighted by Crippen LogP contribution is -2.34. The van der Waals surface area contributed by atoms with Gasteiger partial charge in [-0.3, -0.25) is 9.69 Å². The predicted molar refractivity (Wildman–Crippen MR) is 83.3 cm³/mol. The fraction of sp³-hybridized carbons (Fsp3) is 0.643. The first kappa shape index (κ1) is 16.4. The fourth-order valence-electron chi connectivity index (χ4n) is 2.47. The van der Waals surface area contributed by atoms with E-state index in [2.05, 4.69) is 9.97 Å². The van der Waals surface area contributed by atoms with Crippen molar-refractivity contribution in [1.29, 1.82) is 0 Å². The molecule has 0 aliphatic carbocycles. The van der Waals surface area contributed by atoms with Gasteiger partial charge in [0.15, 0.2) is 0 Å². The third-order valence-electron chi connectivity index (χ3n) is 3.65. The molecule has 1 aliphatic rings. The normalized spacial score (nSPS) is 19.8. The summed E-state index contributed by atoms with van der Waals surface area (Å²) in [4.78, 5) is 25.0. The van der Waals surface area contributed by atoms with Gasteiger partial charge in [-0.15, -0.1) is 0 Å². The van der Waals surface area contributed by atoms with Crippen LogP contribution < -0.4 is 9.80 Å². The highest BCUT2D eigenvalue weighted by Crippen LogP contribution is 2.18. The molecule has 2 rings (SSSR count). The molecule has 0 aromatic carbocycles. The molecule has 1 saturated heterocycles. The lowest BCUT2D eigenvalue weighted by atomic mass is 10.3. The summed E-state index contributed by atoms with van der Waals surface area (Å²) in [5.41, 5.74) is 0. The Morgan fingerprint density at radius 3 is 2.82 bits per heavy atom. The lowest BCUT2D eigenvalue weighted by Gasteiger charge is -2.23. The van der Waals surface area contributed by atoms with Crippen molar-refractivity contribution in [3.8, 4) is 0 Å². The molecule has 2 heterocycles. The van der Waals surface area contributed by atoms with E-state index in [4.69, 9.17) is 5.11 Å². The van der Waals surface area contributed by atoms with Crippen LogP contribution in [0.2, 0.25) is 0 Å². The molecule has 8 heteroatoms. The molecule has 0 radical (unpaired) electrons. The highest BCUT2D eigenvalue weighted by atomic mass is 16.4. The molecule has 1 unspecified atom stereocenters. The highest BCUT2D eigenvalue weighted by Gasteiger charge is 2.22. The van der Waals surface area contributed by atoms with Gasteiger partial charge in [-0.05, 0) is 0 Å². The van der Waals surface area contributed by atoms with Crippen LogP contribution in [0.25, 0.3) is 0 Å². The van der Waals surface area contributed by atoms with Crippen molar-refractivity contribution in [1.82, 2.24) is 14.9 Å². The van der Waals surface area contributed by atoms with Crippen LogP contribution in [0.3, 0.4) is 0 Å². The molecular formula is C14H23N5O3. The molecule has 0 bridgehead atoms. The summed E-state index contributed by atoms with van der Waals surface area (Å²) in [7, 11) is 3.83. The van der Waals surface area contributed by atoms with Crippen LogP contribution in [-0.2, 0) is 4.79 Å². The molecule has 1 atom stereocenters. The Morgan fingerprint density at radius 2 is 2.14 bits per heavy atom. The van der Waals surface area contributed by atoms with Crippen molar-refractivity contribution in [3.63, 3.8) is 0 Å². The first-order valence-corrected chi connectivity index (χ1v) is 7.32. The number of aliphatic hydroxyl groups is 1. The van der Waals surface area contributed by atoms with Crippen LogP contribution >= 0.6 is 0 Å². The van der Waals surface area contributed by atoms with E-state index in [0.29, 0.717) is 32.7 Å². The minimum atomic E-state index is -0.818. The van der Waals surface area contributed by atoms with Gasteiger partial charge < -0.3 is 20.0 Å². The van der Waals surface area contributed by atoms with Crippen molar-refractivity contribution < 1.29 is 15.0 Å². The molecular weight excluding hydrogens is 286 g/mol. The van der Waals surface area contributed by atoms with E-state index >= 15 is 0 Å². The Bertz CT molecular complexity index is 511. The second-order valence-electron chi connectivity index (χ2n) is 5.67. The van der Waals surface area contributed by atoms with Gasteiger partial charge in [0.1, 0.15) is 18.0 Å². The number of aromatic nitrogens is 2. The van der Waals surface area contributed by atoms with Gasteiger partial charge in [0.05, 0.1) is 12.5 Å². The summed E-state index contributed by atoms with van der Waals surface area (Å²) in [5.74, 6) is 0.770. The Balaban J connectivity index is 2.04. The van der Waals surface area contributed by atoms with E-state index in [1.807, 2.05) is 34.9 Å². The SMILES string of the molecule is CN(C)c1cc(N2CCN(CCC(=O)O)CC(O)C2)ncn1. The molecule has 1 fully saturated rings. The molecule has 0 amide bonds. The van der Waals surface area contributed by atoms with Gasteiger partial charge in [-0.25, -0.2) is 9.97 Å². The van der Waals surface area contributed by atoms with Crippen LogP contribution in [-0.4, -0.2) is 84.0 Å². The first-order valence-electron chi connectivity index (χ1n) is 7.32. The number of carboxylic acids is 1. The third kappa shape index (κ3) is 4.54. The van der Waals surface area contributed by atoms with Gasteiger partial charge in [0.2, 0.25) is 0 Å². The molecule has 2 N–H and O–H groups in total. The summed E-state index contributed by atoms with van der Waals surface area (Å²) in [6.45, 7) is 2.81. The van der Waals surface area contributed by atoms with Crippen molar-refractivity contribution >= 4 is 17.6 Å². The van der Waals surface area contributed by atoms with Crippen molar-refractivity contribution in [3.05, 3.63) is 12.4 Å². The van der Waals surface area contributed by atoms with E-state index in [0.717, 1.165) is 11.6 Å². The number of nitrogens with zero attached hydrogens (tertiary/aromatic N) is 5. The van der Waals surface area contributed by atoms with Crippen molar-refractivity contribution in [2.24, 2.45) is 0 Å². The van der Waals surface area contributed by atoms with E-state index < -0.39 is 12.1 Å².